The number of carbonyl (C=O) groups is 1. The SMILES string of the molecule is CC(C)Cc1cccc2nc3c(cc12)C1(c2ccccc2-c2ccccc21)c1cncc2cc[c-]c-3c12.CCC(CC)C(=O)/C=C(\O)C(CC)CC.[Ir]. The molecule has 2 aliphatic carbocycles. The Balaban J connectivity index is 0.000000258. The Kier molecular flexibility index (Phi) is 11.5. The fourth-order valence-corrected chi connectivity index (χ4v) is 8.73. The number of pyridine rings is 2. The van der Waals surface area contributed by atoms with Gasteiger partial charge in [0, 0.05) is 55.8 Å². The van der Waals surface area contributed by atoms with E-state index in [-0.39, 0.29) is 43.5 Å². The van der Waals surface area contributed by atoms with Crippen LogP contribution in [0.25, 0.3) is 44.1 Å². The minimum Gasteiger partial charge on any atom is -0.512 e. The third kappa shape index (κ3) is 6.47. The number of carbonyl (C=O) groups excluding carboxylic acids is 1. The molecule has 4 nitrogen and oxygen atoms in total. The van der Waals surface area contributed by atoms with Gasteiger partial charge < -0.3 is 5.11 Å². The van der Waals surface area contributed by atoms with Crippen LogP contribution in [0.5, 0.6) is 0 Å². The second kappa shape index (κ2) is 15.9. The number of aliphatic hydroxyl groups excluding tert-OH is 1. The first kappa shape index (κ1) is 38.3. The molecule has 1 N–H and O–H groups in total. The molecule has 0 aliphatic heterocycles. The van der Waals surface area contributed by atoms with Crippen molar-refractivity contribution in [1.82, 2.24) is 9.97 Å². The molecule has 1 radical (unpaired) electrons. The fraction of sp³-hybridized carbons (Fsp3) is 0.312. The third-order valence-electron chi connectivity index (χ3n) is 11.4. The number of hydrogen-bond acceptors (Lipinski definition) is 4. The zero-order valence-corrected chi connectivity index (χ0v) is 34.1. The van der Waals surface area contributed by atoms with Crippen LogP contribution < -0.4 is 0 Å². The van der Waals surface area contributed by atoms with Gasteiger partial charge in [0.2, 0.25) is 0 Å². The molecule has 0 bridgehead atoms. The average Bonchev–Trinajstić information content (AvgIpc) is 3.45. The van der Waals surface area contributed by atoms with Crippen molar-refractivity contribution < 1.29 is 30.0 Å². The summed E-state index contributed by atoms with van der Waals surface area (Å²) in [5.41, 5.74) is 11.7. The molecule has 2 aliphatic rings. The van der Waals surface area contributed by atoms with Crippen LogP contribution in [-0.2, 0) is 36.7 Å². The van der Waals surface area contributed by atoms with Crippen LogP contribution >= 0.6 is 0 Å². The van der Waals surface area contributed by atoms with Gasteiger partial charge in [0.25, 0.3) is 0 Å². The summed E-state index contributed by atoms with van der Waals surface area (Å²) in [5, 5.41) is 13.3. The van der Waals surface area contributed by atoms with Crippen LogP contribution in [0.2, 0.25) is 0 Å². The zero-order valence-electron chi connectivity index (χ0n) is 31.7. The van der Waals surface area contributed by atoms with Crippen molar-refractivity contribution >= 4 is 27.5 Å². The number of rotatable bonds is 9. The second-order valence-electron chi connectivity index (χ2n) is 14.8. The summed E-state index contributed by atoms with van der Waals surface area (Å²) in [6, 6.07) is 34.5. The Hall–Kier alpha value is -4.44. The van der Waals surface area contributed by atoms with Crippen molar-refractivity contribution in [1.29, 1.82) is 0 Å². The first-order chi connectivity index (χ1) is 25.3. The van der Waals surface area contributed by atoms with Crippen LogP contribution in [-0.4, -0.2) is 20.9 Å². The second-order valence-corrected chi connectivity index (χ2v) is 14.8. The number of ketones is 1. The van der Waals surface area contributed by atoms with Gasteiger partial charge in [0.05, 0.1) is 16.7 Å². The summed E-state index contributed by atoms with van der Waals surface area (Å²) in [4.78, 5) is 21.9. The molecular formula is C48H49IrN2O2-. The standard InChI is InChI=1S/C35H25N2.C13H24O2.Ir/c1-21(2)17-22-9-8-16-32-27(22)18-30-34(37-32)26-13-7-10-23-19-36-20-31(33(23)26)35(30)28-14-5-3-11-24(28)25-12-4-6-15-29(25)35;1-5-10(6-2)12(14)9-13(15)11(7-3)8-4;/h3-12,14-16,18-21H,17H2,1-2H3;9-11,14H,5-8H2,1-4H3;/q-1;;/b;12-9-;. The molecule has 5 heteroatoms. The summed E-state index contributed by atoms with van der Waals surface area (Å²) in [5.74, 6) is 1.11. The number of nitrogens with zero attached hydrogens (tertiary/aromatic N) is 2. The van der Waals surface area contributed by atoms with Gasteiger partial charge in [-0.25, -0.2) is 0 Å². The number of hydrogen-bond donors (Lipinski definition) is 1. The van der Waals surface area contributed by atoms with Crippen molar-refractivity contribution in [2.75, 3.05) is 0 Å². The molecular weight excluding hydrogens is 829 g/mol. The van der Waals surface area contributed by atoms with Crippen LogP contribution in [0, 0.1) is 23.8 Å². The number of fused-ring (bicyclic) bond motifs is 10. The average molecular weight is 878 g/mol. The first-order valence-electron chi connectivity index (χ1n) is 19.1. The van der Waals surface area contributed by atoms with Crippen molar-refractivity contribution in [2.45, 2.75) is 79.1 Å². The van der Waals surface area contributed by atoms with E-state index in [2.05, 4.69) is 105 Å². The maximum Gasteiger partial charge on any atom is 0.162 e. The van der Waals surface area contributed by atoms with Crippen LogP contribution in [0.15, 0.2) is 109 Å². The number of aromatic nitrogens is 2. The van der Waals surface area contributed by atoms with Gasteiger partial charge in [0.1, 0.15) is 0 Å². The van der Waals surface area contributed by atoms with Gasteiger partial charge in [-0.3, -0.25) is 14.8 Å². The molecule has 4 aromatic carbocycles. The van der Waals surface area contributed by atoms with E-state index >= 15 is 0 Å². The van der Waals surface area contributed by atoms with Gasteiger partial charge in [-0.2, -0.15) is 0 Å². The third-order valence-corrected chi connectivity index (χ3v) is 11.4. The molecule has 6 aromatic rings. The number of allylic oxidation sites excluding steroid dienone is 2. The van der Waals surface area contributed by atoms with E-state index in [4.69, 9.17) is 9.97 Å². The molecule has 53 heavy (non-hydrogen) atoms. The molecule has 0 fully saturated rings. The smallest absolute Gasteiger partial charge is 0.162 e. The van der Waals surface area contributed by atoms with Crippen LogP contribution in [0.1, 0.15) is 95.0 Å². The van der Waals surface area contributed by atoms with Crippen molar-refractivity contribution in [3.8, 4) is 22.4 Å². The van der Waals surface area contributed by atoms with Crippen LogP contribution in [0.4, 0.5) is 0 Å². The normalized spacial score (nSPS) is 13.5. The monoisotopic (exact) mass is 878 g/mol. The minimum atomic E-state index is -0.483. The maximum absolute atomic E-state index is 11.7. The van der Waals surface area contributed by atoms with E-state index in [0.717, 1.165) is 54.3 Å². The number of benzene rings is 4. The molecule has 0 amide bonds. The molecule has 2 heterocycles. The molecule has 2 aromatic heterocycles. The van der Waals surface area contributed by atoms with E-state index < -0.39 is 5.41 Å². The van der Waals surface area contributed by atoms with Crippen molar-refractivity contribution in [3.05, 3.63) is 143 Å². The summed E-state index contributed by atoms with van der Waals surface area (Å²) in [6.07, 6.45) is 10.00. The molecule has 0 unspecified atom stereocenters. The minimum absolute atomic E-state index is 0. The summed E-state index contributed by atoms with van der Waals surface area (Å²) >= 11 is 0. The summed E-state index contributed by atoms with van der Waals surface area (Å²) in [7, 11) is 0. The van der Waals surface area contributed by atoms with Crippen molar-refractivity contribution in [2.24, 2.45) is 17.8 Å². The van der Waals surface area contributed by atoms with Gasteiger partial charge in [0.15, 0.2) is 5.78 Å². The Bertz CT molecular complexity index is 2260. The zero-order chi connectivity index (χ0) is 36.6. The van der Waals surface area contributed by atoms with E-state index in [1.807, 2.05) is 40.0 Å². The van der Waals surface area contributed by atoms with Gasteiger partial charge in [-0.05, 0) is 88.7 Å². The summed E-state index contributed by atoms with van der Waals surface area (Å²) < 4.78 is 0. The Morgan fingerprint density at radius 1 is 0.792 bits per heavy atom. The molecule has 0 saturated heterocycles. The van der Waals surface area contributed by atoms with Gasteiger partial charge in [-0.15, -0.1) is 23.8 Å². The molecule has 1 spiro atoms. The number of aliphatic hydroxyl groups is 1. The predicted octanol–water partition coefficient (Wildman–Crippen LogP) is 12.0. The Morgan fingerprint density at radius 3 is 2.06 bits per heavy atom. The van der Waals surface area contributed by atoms with Gasteiger partial charge in [-0.1, -0.05) is 119 Å². The molecule has 0 atom stereocenters. The first-order valence-corrected chi connectivity index (χ1v) is 19.1. The quantitative estimate of drug-likeness (QED) is 0.0891. The van der Waals surface area contributed by atoms with E-state index in [1.54, 1.807) is 0 Å². The largest absolute Gasteiger partial charge is 0.512 e. The summed E-state index contributed by atoms with van der Waals surface area (Å²) in [6.45, 7) is 12.6. The molecule has 0 saturated carbocycles. The molecule has 8 rings (SSSR count). The van der Waals surface area contributed by atoms with Crippen LogP contribution in [0.3, 0.4) is 0 Å². The topological polar surface area (TPSA) is 63.1 Å². The van der Waals surface area contributed by atoms with Gasteiger partial charge >= 0.3 is 0 Å². The molecule has 273 valence electrons. The van der Waals surface area contributed by atoms with E-state index in [9.17, 15) is 9.90 Å². The van der Waals surface area contributed by atoms with Crippen molar-refractivity contribution in [3.63, 3.8) is 0 Å². The maximum atomic E-state index is 11.7. The Morgan fingerprint density at radius 2 is 1.43 bits per heavy atom. The van der Waals surface area contributed by atoms with E-state index in [1.165, 1.54) is 55.8 Å². The fourth-order valence-electron chi connectivity index (χ4n) is 8.73. The Labute approximate surface area is 328 Å². The predicted molar refractivity (Wildman–Crippen MR) is 215 cm³/mol. The van der Waals surface area contributed by atoms with E-state index in [0.29, 0.717) is 5.92 Å².